The Morgan fingerprint density at radius 2 is 2.27 bits per heavy atom. The van der Waals surface area contributed by atoms with E-state index in [4.69, 9.17) is 0 Å². The topological polar surface area (TPSA) is 56.0 Å². The van der Waals surface area contributed by atoms with Crippen molar-refractivity contribution in [3.63, 3.8) is 0 Å². The van der Waals surface area contributed by atoms with E-state index in [2.05, 4.69) is 10.1 Å². The van der Waals surface area contributed by atoms with Crippen molar-refractivity contribution in [1.29, 1.82) is 0 Å². The van der Waals surface area contributed by atoms with Crippen LogP contribution in [0.2, 0.25) is 0 Å². The number of imidazole rings is 1. The van der Waals surface area contributed by atoms with Gasteiger partial charge in [-0.2, -0.15) is 5.10 Å². The molecule has 1 atom stereocenters. The van der Waals surface area contributed by atoms with Gasteiger partial charge >= 0.3 is 0 Å². The van der Waals surface area contributed by atoms with Gasteiger partial charge in [-0.05, 0) is 43.0 Å². The summed E-state index contributed by atoms with van der Waals surface area (Å²) in [6, 6.07) is 8.12. The van der Waals surface area contributed by atoms with Crippen molar-refractivity contribution in [3.8, 4) is 0 Å². The van der Waals surface area contributed by atoms with Crippen molar-refractivity contribution in [3.05, 3.63) is 72.1 Å². The smallest absolute Gasteiger partial charge is 0.254 e. The molecule has 6 heteroatoms. The van der Waals surface area contributed by atoms with Crippen molar-refractivity contribution < 1.29 is 4.79 Å². The predicted octanol–water partition coefficient (Wildman–Crippen LogP) is 2.74. The van der Waals surface area contributed by atoms with Crippen LogP contribution < -0.4 is 0 Å². The third kappa shape index (κ3) is 3.54. The molecule has 0 spiro atoms. The van der Waals surface area contributed by atoms with Gasteiger partial charge in [-0.1, -0.05) is 12.1 Å². The zero-order valence-corrected chi connectivity index (χ0v) is 15.0. The van der Waals surface area contributed by atoms with Crippen LogP contribution in [0.5, 0.6) is 0 Å². The molecule has 0 aliphatic carbocycles. The Labute approximate surface area is 153 Å². The molecule has 1 fully saturated rings. The molecule has 3 heterocycles. The molecular formula is C20H23N5O. The first kappa shape index (κ1) is 16.6. The maximum absolute atomic E-state index is 13.1. The van der Waals surface area contributed by atoms with E-state index in [9.17, 15) is 4.79 Å². The fourth-order valence-electron chi connectivity index (χ4n) is 3.64. The Balaban J connectivity index is 1.49. The van der Waals surface area contributed by atoms with Gasteiger partial charge in [0, 0.05) is 37.2 Å². The molecule has 0 N–H and O–H groups in total. The average Bonchev–Trinajstić information content (AvgIpc) is 3.38. The lowest BCUT2D eigenvalue weighted by molar-refractivity contribution is 0.0721. The summed E-state index contributed by atoms with van der Waals surface area (Å²) >= 11 is 0. The van der Waals surface area contributed by atoms with E-state index in [1.54, 1.807) is 12.5 Å². The zero-order chi connectivity index (χ0) is 17.9. The first-order chi connectivity index (χ1) is 12.7. The SMILES string of the molecule is Cc1cnn(CC2CCCN2C(=O)c2cccc(Cn3ccnc3)c2)c1. The van der Waals surface area contributed by atoms with Gasteiger partial charge in [-0.25, -0.2) is 4.98 Å². The molecule has 3 aromatic rings. The number of aryl methyl sites for hydroxylation is 1. The highest BCUT2D eigenvalue weighted by molar-refractivity contribution is 5.94. The summed E-state index contributed by atoms with van der Waals surface area (Å²) in [6.07, 6.45) is 11.5. The lowest BCUT2D eigenvalue weighted by atomic mass is 10.1. The quantitative estimate of drug-likeness (QED) is 0.712. The molecule has 1 saturated heterocycles. The maximum Gasteiger partial charge on any atom is 0.254 e. The Bertz CT molecular complexity index is 883. The molecule has 1 aliphatic rings. The molecule has 26 heavy (non-hydrogen) atoms. The third-order valence-electron chi connectivity index (χ3n) is 4.90. The number of likely N-dealkylation sites (tertiary alicyclic amines) is 1. The molecule has 0 radical (unpaired) electrons. The van der Waals surface area contributed by atoms with Gasteiger partial charge in [0.25, 0.3) is 5.91 Å². The van der Waals surface area contributed by atoms with E-state index in [0.29, 0.717) is 0 Å². The summed E-state index contributed by atoms with van der Waals surface area (Å²) in [5, 5.41) is 4.37. The normalized spacial score (nSPS) is 17.0. The fraction of sp³-hybridized carbons (Fsp3) is 0.350. The van der Waals surface area contributed by atoms with Gasteiger partial charge in [0.1, 0.15) is 0 Å². The number of hydrogen-bond donors (Lipinski definition) is 0. The summed E-state index contributed by atoms with van der Waals surface area (Å²) in [5.74, 6) is 0.115. The predicted molar refractivity (Wildman–Crippen MR) is 98.8 cm³/mol. The van der Waals surface area contributed by atoms with E-state index in [1.165, 1.54) is 0 Å². The second-order valence-electron chi connectivity index (χ2n) is 6.97. The number of hydrogen-bond acceptors (Lipinski definition) is 3. The minimum absolute atomic E-state index is 0.115. The Kier molecular flexibility index (Phi) is 4.56. The van der Waals surface area contributed by atoms with Crippen molar-refractivity contribution in [2.75, 3.05) is 6.54 Å². The molecule has 1 aliphatic heterocycles. The average molecular weight is 349 g/mol. The maximum atomic E-state index is 13.1. The van der Waals surface area contributed by atoms with Crippen LogP contribution in [-0.2, 0) is 13.1 Å². The molecule has 2 aromatic heterocycles. The third-order valence-corrected chi connectivity index (χ3v) is 4.90. The van der Waals surface area contributed by atoms with Crippen LogP contribution in [0.1, 0.15) is 34.3 Å². The van der Waals surface area contributed by atoms with Gasteiger partial charge in [-0.15, -0.1) is 0 Å². The molecule has 0 saturated carbocycles. The van der Waals surface area contributed by atoms with Gasteiger partial charge in [0.2, 0.25) is 0 Å². The first-order valence-electron chi connectivity index (χ1n) is 9.04. The molecular weight excluding hydrogens is 326 g/mol. The van der Waals surface area contributed by atoms with Crippen LogP contribution in [-0.4, -0.2) is 42.7 Å². The number of benzene rings is 1. The Morgan fingerprint density at radius 1 is 1.35 bits per heavy atom. The van der Waals surface area contributed by atoms with Crippen LogP contribution >= 0.6 is 0 Å². The Morgan fingerprint density at radius 3 is 3.04 bits per heavy atom. The molecule has 6 nitrogen and oxygen atoms in total. The van der Waals surface area contributed by atoms with Crippen LogP contribution in [0, 0.1) is 6.92 Å². The van der Waals surface area contributed by atoms with E-state index < -0.39 is 0 Å². The number of carbonyl (C=O) groups excluding carboxylic acids is 1. The minimum atomic E-state index is 0.115. The van der Waals surface area contributed by atoms with Gasteiger partial charge in [0.15, 0.2) is 0 Å². The summed E-state index contributed by atoms with van der Waals surface area (Å²) in [6.45, 7) is 4.33. The van der Waals surface area contributed by atoms with Crippen LogP contribution in [0.3, 0.4) is 0 Å². The van der Waals surface area contributed by atoms with Crippen LogP contribution in [0.4, 0.5) is 0 Å². The highest BCUT2D eigenvalue weighted by Gasteiger charge is 2.29. The first-order valence-corrected chi connectivity index (χ1v) is 9.04. The summed E-state index contributed by atoms with van der Waals surface area (Å²) in [7, 11) is 0. The van der Waals surface area contributed by atoms with Crippen molar-refractivity contribution in [2.45, 2.75) is 38.9 Å². The van der Waals surface area contributed by atoms with Gasteiger partial charge < -0.3 is 9.47 Å². The molecule has 134 valence electrons. The number of aromatic nitrogens is 4. The molecule has 4 rings (SSSR count). The highest BCUT2D eigenvalue weighted by Crippen LogP contribution is 2.22. The number of rotatable bonds is 5. The van der Waals surface area contributed by atoms with Crippen molar-refractivity contribution in [2.24, 2.45) is 0 Å². The number of amides is 1. The minimum Gasteiger partial charge on any atom is -0.334 e. The van der Waals surface area contributed by atoms with Crippen LogP contribution in [0.25, 0.3) is 0 Å². The molecule has 1 amide bonds. The summed E-state index contributed by atoms with van der Waals surface area (Å²) in [5.41, 5.74) is 3.01. The van der Waals surface area contributed by atoms with E-state index in [-0.39, 0.29) is 11.9 Å². The van der Waals surface area contributed by atoms with Crippen molar-refractivity contribution in [1.82, 2.24) is 24.2 Å². The van der Waals surface area contributed by atoms with Gasteiger partial charge in [0.05, 0.1) is 25.1 Å². The Hall–Kier alpha value is -2.89. The number of carbonyl (C=O) groups is 1. The molecule has 0 bridgehead atoms. The highest BCUT2D eigenvalue weighted by atomic mass is 16.2. The lowest BCUT2D eigenvalue weighted by Gasteiger charge is -2.25. The van der Waals surface area contributed by atoms with E-state index >= 15 is 0 Å². The van der Waals surface area contributed by atoms with Gasteiger partial charge in [-0.3, -0.25) is 9.48 Å². The second kappa shape index (κ2) is 7.15. The fourth-order valence-corrected chi connectivity index (χ4v) is 3.64. The molecule has 1 aromatic carbocycles. The summed E-state index contributed by atoms with van der Waals surface area (Å²) < 4.78 is 3.95. The lowest BCUT2D eigenvalue weighted by Crippen LogP contribution is -2.38. The molecule has 1 unspecified atom stereocenters. The van der Waals surface area contributed by atoms with E-state index in [0.717, 1.165) is 49.2 Å². The number of nitrogens with zero attached hydrogens (tertiary/aromatic N) is 5. The van der Waals surface area contributed by atoms with E-state index in [1.807, 2.05) is 63.9 Å². The zero-order valence-electron chi connectivity index (χ0n) is 15.0. The largest absolute Gasteiger partial charge is 0.334 e. The monoisotopic (exact) mass is 349 g/mol. The van der Waals surface area contributed by atoms with Crippen molar-refractivity contribution >= 4 is 5.91 Å². The summed E-state index contributed by atoms with van der Waals surface area (Å²) in [4.78, 5) is 19.2. The standard InChI is InChI=1S/C20H23N5O/c1-16-11-22-24(12-16)14-19-6-3-8-25(19)20(26)18-5-2-4-17(10-18)13-23-9-7-21-15-23/h2,4-5,7,9-12,15,19H,3,6,8,13-14H2,1H3. The van der Waals surface area contributed by atoms with Crippen LogP contribution in [0.15, 0.2) is 55.4 Å². The second-order valence-corrected chi connectivity index (χ2v) is 6.97.